The first kappa shape index (κ1) is 54.1. The predicted octanol–water partition coefficient (Wildman–Crippen LogP) is 21.5. The molecule has 0 N–H and O–H groups in total. The summed E-state index contributed by atoms with van der Waals surface area (Å²) in [5.41, 5.74) is 21.7. The maximum Gasteiger partial charge on any atom is 0.180 e. The largest absolute Gasteiger partial charge is 0.310 e. The van der Waals surface area contributed by atoms with E-state index in [1.807, 2.05) is 0 Å². The van der Waals surface area contributed by atoms with Gasteiger partial charge in [0.2, 0.25) is 0 Å². The zero-order valence-electron chi connectivity index (χ0n) is 52.2. The molecule has 2 aliphatic heterocycles. The SMILES string of the molecule is CC1(C)c2cc(-c3ccc4c(c3)c3ccccc3n4-c3ccc4cc5cc6c(cc5cc4c3)-c3ccccc3[Si]6(c3ccccc3)c3ccccc3)ccc2N(c2ccc(-c3ccccc3)cc2)c2ccc(-c3c4ccccc4c(-c4ccccc4)c4ccccc34)cc21. The number of aromatic nitrogens is 1. The van der Waals surface area contributed by atoms with Crippen molar-refractivity contribution in [1.29, 1.82) is 0 Å². The Morgan fingerprint density at radius 1 is 0.266 bits per heavy atom. The first-order chi connectivity index (χ1) is 46.4. The van der Waals surface area contributed by atoms with Gasteiger partial charge >= 0.3 is 0 Å². The molecule has 2 nitrogen and oxygen atoms in total. The highest BCUT2D eigenvalue weighted by Gasteiger charge is 2.49. The summed E-state index contributed by atoms with van der Waals surface area (Å²) in [6.45, 7) is 4.86. The lowest BCUT2D eigenvalue weighted by molar-refractivity contribution is 0.632. The summed E-state index contributed by atoms with van der Waals surface area (Å²) in [5, 5.41) is 18.2. The third-order valence-electron chi connectivity index (χ3n) is 21.0. The van der Waals surface area contributed by atoms with Gasteiger partial charge in [0.1, 0.15) is 0 Å². The van der Waals surface area contributed by atoms with Crippen LogP contribution in [0.25, 0.3) is 126 Å². The number of hydrogen-bond acceptors (Lipinski definition) is 1. The number of benzene rings is 16. The van der Waals surface area contributed by atoms with Crippen molar-refractivity contribution in [3.8, 4) is 61.3 Å². The molecule has 17 aromatic rings. The first-order valence-corrected chi connectivity index (χ1v) is 34.9. The van der Waals surface area contributed by atoms with Crippen LogP contribution in [0.2, 0.25) is 0 Å². The number of anilines is 3. The van der Waals surface area contributed by atoms with E-state index in [9.17, 15) is 0 Å². The van der Waals surface area contributed by atoms with Gasteiger partial charge in [-0.2, -0.15) is 0 Å². The van der Waals surface area contributed by atoms with Crippen LogP contribution >= 0.6 is 0 Å². The van der Waals surface area contributed by atoms with E-state index in [-0.39, 0.29) is 0 Å². The minimum absolute atomic E-state index is 0.393. The summed E-state index contributed by atoms with van der Waals surface area (Å²) in [5.74, 6) is 0. The zero-order chi connectivity index (χ0) is 62.2. The molecule has 440 valence electrons. The van der Waals surface area contributed by atoms with E-state index >= 15 is 0 Å². The van der Waals surface area contributed by atoms with Gasteiger partial charge in [-0.1, -0.05) is 269 Å². The van der Waals surface area contributed by atoms with Gasteiger partial charge < -0.3 is 9.47 Å². The highest BCUT2D eigenvalue weighted by atomic mass is 28.3. The van der Waals surface area contributed by atoms with E-state index in [0.717, 1.165) is 11.4 Å². The monoisotopic (exact) mass is 1210 g/mol. The quantitative estimate of drug-likeness (QED) is 0.109. The molecule has 0 bridgehead atoms. The van der Waals surface area contributed by atoms with Crippen LogP contribution in [-0.4, -0.2) is 12.6 Å². The van der Waals surface area contributed by atoms with Gasteiger partial charge in [0, 0.05) is 27.6 Å². The molecule has 3 heterocycles. The second-order valence-electron chi connectivity index (χ2n) is 26.3. The number of fused-ring (bicyclic) bond motifs is 12. The summed E-state index contributed by atoms with van der Waals surface area (Å²) in [6.07, 6.45) is 0. The fourth-order valence-electron chi connectivity index (χ4n) is 16.6. The number of hydrogen-bond donors (Lipinski definition) is 0. The van der Waals surface area contributed by atoms with E-state index < -0.39 is 13.5 Å². The van der Waals surface area contributed by atoms with E-state index in [2.05, 4.69) is 363 Å². The highest BCUT2D eigenvalue weighted by Crippen LogP contribution is 2.55. The van der Waals surface area contributed by atoms with Crippen molar-refractivity contribution in [2.75, 3.05) is 4.90 Å². The third-order valence-corrected chi connectivity index (χ3v) is 25.8. The van der Waals surface area contributed by atoms with Crippen LogP contribution in [0.15, 0.2) is 340 Å². The molecule has 0 spiro atoms. The molecular weight excluding hydrogens is 1150 g/mol. The van der Waals surface area contributed by atoms with Gasteiger partial charge in [-0.05, 0) is 216 Å². The van der Waals surface area contributed by atoms with Crippen molar-refractivity contribution in [3.05, 3.63) is 351 Å². The molecule has 16 aromatic carbocycles. The van der Waals surface area contributed by atoms with Gasteiger partial charge in [0.25, 0.3) is 0 Å². The Morgan fingerprint density at radius 2 is 0.723 bits per heavy atom. The van der Waals surface area contributed by atoms with Crippen LogP contribution in [0.4, 0.5) is 17.1 Å². The molecule has 19 rings (SSSR count). The molecule has 0 aliphatic carbocycles. The summed E-state index contributed by atoms with van der Waals surface area (Å²) < 4.78 is 2.48. The minimum Gasteiger partial charge on any atom is -0.310 e. The van der Waals surface area contributed by atoms with Gasteiger partial charge in [0.15, 0.2) is 8.07 Å². The maximum atomic E-state index is 2.55. The van der Waals surface area contributed by atoms with E-state index in [1.165, 1.54) is 164 Å². The Balaban J connectivity index is 0.739. The third kappa shape index (κ3) is 8.08. The van der Waals surface area contributed by atoms with Crippen molar-refractivity contribution < 1.29 is 0 Å². The lowest BCUT2D eigenvalue weighted by atomic mass is 9.72. The van der Waals surface area contributed by atoms with Crippen molar-refractivity contribution in [1.82, 2.24) is 4.57 Å². The summed E-state index contributed by atoms with van der Waals surface area (Å²) in [4.78, 5) is 2.51. The molecule has 0 atom stereocenters. The standard InChI is InChI=1S/C91H62N2Si/c1-91(2)81-56-64(43-49-85(81)92(69-45-39-60(40-46-69)59-23-7-3-8-24-59)86-50-44-65(57-82(86)91)90-77-35-17-15-33-75(77)89(61-25-9-4-10-26-61)76-34-16-18-36-78(76)90)63-42-48-84-79(54-63)73-31-19-21-37-83(73)93(84)70-47-41-62-51-68-58-88-80(55-67(68)52-66(62)53-70)74-32-20-22-38-87(74)94(88,71-27-11-5-12-28-71)72-29-13-6-14-30-72/h3-58H,1-2H3. The molecule has 0 saturated carbocycles. The fraction of sp³-hybridized carbons (Fsp3) is 0.0330. The number of nitrogens with zero attached hydrogens (tertiary/aromatic N) is 2. The molecule has 0 unspecified atom stereocenters. The molecule has 2 aliphatic rings. The van der Waals surface area contributed by atoms with Crippen molar-refractivity contribution in [3.63, 3.8) is 0 Å². The average Bonchev–Trinajstić information content (AvgIpc) is 1.27. The molecule has 0 radical (unpaired) electrons. The van der Waals surface area contributed by atoms with Crippen LogP contribution in [0.3, 0.4) is 0 Å². The second kappa shape index (κ2) is 21.0. The fourth-order valence-corrected chi connectivity index (χ4v) is 21.8. The Hall–Kier alpha value is -11.6. The van der Waals surface area contributed by atoms with Crippen LogP contribution in [0, 0.1) is 0 Å². The Labute approximate surface area is 548 Å². The van der Waals surface area contributed by atoms with Crippen molar-refractivity contribution in [2.24, 2.45) is 0 Å². The molecule has 94 heavy (non-hydrogen) atoms. The molecule has 0 fully saturated rings. The van der Waals surface area contributed by atoms with Crippen molar-refractivity contribution >= 4 is 111 Å². The van der Waals surface area contributed by atoms with Crippen LogP contribution in [-0.2, 0) is 5.41 Å². The van der Waals surface area contributed by atoms with Gasteiger partial charge in [0.05, 0.1) is 22.4 Å². The molecule has 0 saturated heterocycles. The highest BCUT2D eigenvalue weighted by molar-refractivity contribution is 7.22. The molecule has 3 heteroatoms. The maximum absolute atomic E-state index is 2.63. The predicted molar refractivity (Wildman–Crippen MR) is 402 cm³/mol. The van der Waals surface area contributed by atoms with Gasteiger partial charge in [-0.25, -0.2) is 0 Å². The minimum atomic E-state index is -2.63. The van der Waals surface area contributed by atoms with Crippen molar-refractivity contribution in [2.45, 2.75) is 19.3 Å². The van der Waals surface area contributed by atoms with Gasteiger partial charge in [-0.15, -0.1) is 0 Å². The topological polar surface area (TPSA) is 8.17 Å². The van der Waals surface area contributed by atoms with E-state index in [0.29, 0.717) is 0 Å². The normalized spacial score (nSPS) is 13.6. The first-order valence-electron chi connectivity index (χ1n) is 32.9. The lowest BCUT2D eigenvalue weighted by Gasteiger charge is -2.42. The van der Waals surface area contributed by atoms with Crippen LogP contribution < -0.4 is 25.6 Å². The van der Waals surface area contributed by atoms with E-state index in [1.54, 1.807) is 0 Å². The Kier molecular flexibility index (Phi) is 12.1. The summed E-state index contributed by atoms with van der Waals surface area (Å²) >= 11 is 0. The number of para-hydroxylation sites is 1. The Bertz CT molecular complexity index is 5830. The number of rotatable bonds is 8. The van der Waals surface area contributed by atoms with Crippen LogP contribution in [0.5, 0.6) is 0 Å². The lowest BCUT2D eigenvalue weighted by Crippen LogP contribution is -2.72. The smallest absolute Gasteiger partial charge is 0.180 e. The van der Waals surface area contributed by atoms with Crippen LogP contribution in [0.1, 0.15) is 25.0 Å². The second-order valence-corrected chi connectivity index (χ2v) is 30.0. The van der Waals surface area contributed by atoms with E-state index in [4.69, 9.17) is 0 Å². The summed E-state index contributed by atoms with van der Waals surface area (Å²) in [7, 11) is -2.63. The Morgan fingerprint density at radius 3 is 1.38 bits per heavy atom. The zero-order valence-corrected chi connectivity index (χ0v) is 53.2. The molecule has 0 amide bonds. The average molecular weight is 1210 g/mol. The van der Waals surface area contributed by atoms with Gasteiger partial charge in [-0.3, -0.25) is 0 Å². The summed E-state index contributed by atoms with van der Waals surface area (Å²) in [6, 6.07) is 128. The molecule has 1 aromatic heterocycles. The molecular formula is C91H62N2Si.